The monoisotopic (exact) mass is 956 g/mol. The third-order valence-corrected chi connectivity index (χ3v) is 14.9. The maximum absolute atomic E-state index is 5.55. The first-order valence-corrected chi connectivity index (χ1v) is 25.4. The minimum Gasteiger partial charge on any atom is -0.309 e. The van der Waals surface area contributed by atoms with Crippen molar-refractivity contribution in [3.8, 4) is 73.5 Å². The highest BCUT2D eigenvalue weighted by Crippen LogP contribution is 2.47. The average molecular weight is 957 g/mol. The van der Waals surface area contributed by atoms with E-state index in [1.54, 1.807) is 0 Å². The molecule has 0 saturated carbocycles. The highest BCUT2D eigenvalue weighted by atomic mass is 15.2. The zero-order chi connectivity index (χ0) is 49.4. The van der Waals surface area contributed by atoms with Crippen LogP contribution in [0.5, 0.6) is 0 Å². The van der Waals surface area contributed by atoms with Gasteiger partial charge in [-0.05, 0) is 75.8 Å². The summed E-state index contributed by atoms with van der Waals surface area (Å²) < 4.78 is 7.23. The lowest BCUT2D eigenvalue weighted by molar-refractivity contribution is 0.953. The van der Waals surface area contributed by atoms with Crippen LogP contribution in [0.4, 0.5) is 0 Å². The van der Waals surface area contributed by atoms with E-state index in [1.807, 2.05) is 18.2 Å². The minimum atomic E-state index is 0.529. The van der Waals surface area contributed by atoms with Gasteiger partial charge in [0.1, 0.15) is 0 Å². The molecule has 0 N–H and O–H groups in total. The van der Waals surface area contributed by atoms with E-state index in [1.165, 1.54) is 21.9 Å². The average Bonchev–Trinajstić information content (AvgIpc) is 4.21. The first kappa shape index (κ1) is 42.5. The Bertz CT molecular complexity index is 4610. The molecule has 0 amide bonds. The Labute approximate surface area is 432 Å². The van der Waals surface area contributed by atoms with Gasteiger partial charge in [-0.2, -0.15) is 9.97 Å². The molecule has 11 aromatic carbocycles. The predicted octanol–water partition coefficient (Wildman–Crippen LogP) is 17.5. The quantitative estimate of drug-likeness (QED) is 0.152. The van der Waals surface area contributed by atoms with Gasteiger partial charge in [-0.3, -0.25) is 4.57 Å². The lowest BCUT2D eigenvalue weighted by Crippen LogP contribution is -2.07. The lowest BCUT2D eigenvalue weighted by Gasteiger charge is -2.16. The molecule has 0 aliphatic heterocycles. The summed E-state index contributed by atoms with van der Waals surface area (Å²) in [5.41, 5.74) is 17.3. The number of benzene rings is 11. The normalized spacial score (nSPS) is 11.7. The van der Waals surface area contributed by atoms with Gasteiger partial charge in [0, 0.05) is 49.1 Å². The van der Waals surface area contributed by atoms with Crippen molar-refractivity contribution in [2.45, 2.75) is 0 Å². The molecule has 6 nitrogen and oxygen atoms in total. The standard InChI is InChI=1S/C69H44N6/c1-4-19-45(20-5-1)47-35-37-48(38-36-47)49-39-41-51(42-40-49)68-70-67(50-23-8-3-9-24-50)71-69(72-68)75-62-34-17-13-30-57(62)64-63(74-60-32-15-10-27-54(60)55-28-11-16-33-61(55)74)44-58-56-29-12-14-31-59(56)73(65(58)66(64)75)53-26-18-25-52(43-53)46-21-6-2-7-22-46/h1-44H. The molecule has 0 aliphatic rings. The molecule has 75 heavy (non-hydrogen) atoms. The van der Waals surface area contributed by atoms with Crippen molar-refractivity contribution in [2.24, 2.45) is 0 Å². The van der Waals surface area contributed by atoms with Crippen molar-refractivity contribution < 1.29 is 0 Å². The van der Waals surface area contributed by atoms with Crippen LogP contribution in [0.2, 0.25) is 0 Å². The van der Waals surface area contributed by atoms with Crippen LogP contribution in [0.25, 0.3) is 139 Å². The van der Waals surface area contributed by atoms with Crippen molar-refractivity contribution >= 4 is 65.4 Å². The predicted molar refractivity (Wildman–Crippen MR) is 310 cm³/mol. The molecule has 0 spiro atoms. The maximum atomic E-state index is 5.55. The molecule has 15 rings (SSSR count). The van der Waals surface area contributed by atoms with Crippen LogP contribution >= 0.6 is 0 Å². The Morgan fingerprint density at radius 2 is 0.627 bits per heavy atom. The van der Waals surface area contributed by atoms with Gasteiger partial charge in [-0.25, -0.2) is 4.98 Å². The number of fused-ring (bicyclic) bond motifs is 10. The van der Waals surface area contributed by atoms with Crippen molar-refractivity contribution in [1.82, 2.24) is 28.7 Å². The summed E-state index contributed by atoms with van der Waals surface area (Å²) in [4.78, 5) is 16.3. The van der Waals surface area contributed by atoms with Crippen LogP contribution < -0.4 is 0 Å². The first-order chi connectivity index (χ1) is 37.2. The molecule has 350 valence electrons. The first-order valence-electron chi connectivity index (χ1n) is 25.4. The van der Waals surface area contributed by atoms with Crippen molar-refractivity contribution in [1.29, 1.82) is 0 Å². The second-order valence-corrected chi connectivity index (χ2v) is 19.2. The molecule has 0 radical (unpaired) electrons. The number of hydrogen-bond donors (Lipinski definition) is 0. The number of hydrogen-bond acceptors (Lipinski definition) is 3. The van der Waals surface area contributed by atoms with Crippen LogP contribution in [0.15, 0.2) is 267 Å². The maximum Gasteiger partial charge on any atom is 0.238 e. The van der Waals surface area contributed by atoms with Crippen LogP contribution in [0.3, 0.4) is 0 Å². The van der Waals surface area contributed by atoms with E-state index in [2.05, 4.69) is 262 Å². The smallest absolute Gasteiger partial charge is 0.238 e. The molecule has 6 heteroatoms. The Hall–Kier alpha value is -10.2. The summed E-state index contributed by atoms with van der Waals surface area (Å²) in [7, 11) is 0. The van der Waals surface area contributed by atoms with Gasteiger partial charge in [0.2, 0.25) is 5.95 Å². The van der Waals surface area contributed by atoms with E-state index in [-0.39, 0.29) is 0 Å². The number of rotatable bonds is 8. The highest BCUT2D eigenvalue weighted by molar-refractivity contribution is 6.27. The Balaban J connectivity index is 1.04. The SMILES string of the molecule is c1ccc(-c2ccc(-c3ccc(-c4nc(-c5ccccc5)nc(-n5c6ccccc6c6c(-n7c8ccccc8c8ccccc87)cc7c8ccccc8n(-c8cccc(-c9ccccc9)c8)c7c65)n4)cc3)cc2)cc1. The third-order valence-electron chi connectivity index (χ3n) is 14.9. The second kappa shape index (κ2) is 17.3. The Kier molecular flexibility index (Phi) is 9.78. The van der Waals surface area contributed by atoms with E-state index in [4.69, 9.17) is 15.0 Å². The summed E-state index contributed by atoms with van der Waals surface area (Å²) in [5, 5.41) is 6.86. The fourth-order valence-corrected chi connectivity index (χ4v) is 11.5. The van der Waals surface area contributed by atoms with Gasteiger partial charge >= 0.3 is 0 Å². The molecule has 4 aromatic heterocycles. The van der Waals surface area contributed by atoms with Gasteiger partial charge in [-0.1, -0.05) is 224 Å². The summed E-state index contributed by atoms with van der Waals surface area (Å²) in [5.74, 6) is 1.70. The zero-order valence-corrected chi connectivity index (χ0v) is 40.6. The topological polar surface area (TPSA) is 53.5 Å². The van der Waals surface area contributed by atoms with Gasteiger partial charge in [0.25, 0.3) is 0 Å². The molecule has 0 unspecified atom stereocenters. The molecule has 0 saturated heterocycles. The van der Waals surface area contributed by atoms with E-state index in [9.17, 15) is 0 Å². The van der Waals surface area contributed by atoms with E-state index >= 15 is 0 Å². The second-order valence-electron chi connectivity index (χ2n) is 19.2. The number of para-hydroxylation sites is 4. The summed E-state index contributed by atoms with van der Waals surface area (Å²) in [6.45, 7) is 0. The molecule has 15 aromatic rings. The molecule has 0 bridgehead atoms. The van der Waals surface area contributed by atoms with E-state index < -0.39 is 0 Å². The molecular formula is C69H44N6. The summed E-state index contributed by atoms with van der Waals surface area (Å²) >= 11 is 0. The zero-order valence-electron chi connectivity index (χ0n) is 40.6. The molecule has 0 aliphatic carbocycles. The van der Waals surface area contributed by atoms with Gasteiger partial charge in [0.15, 0.2) is 11.6 Å². The van der Waals surface area contributed by atoms with Crippen LogP contribution in [-0.2, 0) is 0 Å². The van der Waals surface area contributed by atoms with E-state index in [0.29, 0.717) is 17.6 Å². The van der Waals surface area contributed by atoms with Crippen molar-refractivity contribution in [2.75, 3.05) is 0 Å². The van der Waals surface area contributed by atoms with Crippen LogP contribution in [0, 0.1) is 0 Å². The number of aromatic nitrogens is 6. The Morgan fingerprint density at radius 3 is 1.17 bits per heavy atom. The fraction of sp³-hybridized carbons (Fsp3) is 0. The molecule has 4 heterocycles. The lowest BCUT2D eigenvalue weighted by atomic mass is 9.99. The van der Waals surface area contributed by atoms with Crippen LogP contribution in [0.1, 0.15) is 0 Å². The van der Waals surface area contributed by atoms with Crippen LogP contribution in [-0.4, -0.2) is 28.7 Å². The van der Waals surface area contributed by atoms with Gasteiger partial charge in [-0.15, -0.1) is 0 Å². The summed E-state index contributed by atoms with van der Waals surface area (Å²) in [6, 6.07) is 95.2. The summed E-state index contributed by atoms with van der Waals surface area (Å²) in [6.07, 6.45) is 0. The fourth-order valence-electron chi connectivity index (χ4n) is 11.5. The Morgan fingerprint density at radius 1 is 0.240 bits per heavy atom. The van der Waals surface area contributed by atoms with E-state index in [0.717, 1.165) is 99.4 Å². The molecule has 0 fully saturated rings. The highest BCUT2D eigenvalue weighted by Gasteiger charge is 2.28. The minimum absolute atomic E-state index is 0.529. The van der Waals surface area contributed by atoms with Crippen molar-refractivity contribution in [3.05, 3.63) is 267 Å². The van der Waals surface area contributed by atoms with Crippen molar-refractivity contribution in [3.63, 3.8) is 0 Å². The molecular weight excluding hydrogens is 913 g/mol. The molecule has 0 atom stereocenters. The number of nitrogens with zero attached hydrogens (tertiary/aromatic N) is 6. The third kappa shape index (κ3) is 6.92. The van der Waals surface area contributed by atoms with Gasteiger partial charge < -0.3 is 9.13 Å². The largest absolute Gasteiger partial charge is 0.309 e. The van der Waals surface area contributed by atoms with Gasteiger partial charge in [0.05, 0.1) is 38.8 Å².